The SMILES string of the molecule is C=CCn1c(CN)nnc1SCCC1CCOC1.Cl. The molecule has 0 amide bonds. The first-order chi connectivity index (χ1) is 8.85. The van der Waals surface area contributed by atoms with E-state index in [9.17, 15) is 0 Å². The second-order valence-corrected chi connectivity index (χ2v) is 5.43. The minimum Gasteiger partial charge on any atom is -0.381 e. The summed E-state index contributed by atoms with van der Waals surface area (Å²) in [5.74, 6) is 2.58. The summed E-state index contributed by atoms with van der Waals surface area (Å²) in [6, 6.07) is 0. The summed E-state index contributed by atoms with van der Waals surface area (Å²) in [6.45, 7) is 6.71. The molecule has 1 aliphatic rings. The molecule has 0 aliphatic carbocycles. The van der Waals surface area contributed by atoms with Gasteiger partial charge < -0.3 is 15.0 Å². The number of nitrogens with two attached hydrogens (primary N) is 1. The second-order valence-electron chi connectivity index (χ2n) is 4.37. The number of aromatic nitrogens is 3. The molecule has 1 aliphatic heterocycles. The smallest absolute Gasteiger partial charge is 0.191 e. The van der Waals surface area contributed by atoms with Crippen LogP contribution in [-0.2, 0) is 17.8 Å². The van der Waals surface area contributed by atoms with E-state index >= 15 is 0 Å². The fourth-order valence-electron chi connectivity index (χ4n) is 2.02. The Bertz CT molecular complexity index is 393. The van der Waals surface area contributed by atoms with Gasteiger partial charge in [-0.05, 0) is 18.8 Å². The van der Waals surface area contributed by atoms with Gasteiger partial charge in [-0.2, -0.15) is 0 Å². The number of thioether (sulfide) groups is 1. The lowest BCUT2D eigenvalue weighted by Crippen LogP contribution is -2.09. The van der Waals surface area contributed by atoms with Gasteiger partial charge in [-0.15, -0.1) is 29.2 Å². The van der Waals surface area contributed by atoms with E-state index in [4.69, 9.17) is 10.5 Å². The third kappa shape index (κ3) is 4.49. The molecule has 19 heavy (non-hydrogen) atoms. The highest BCUT2D eigenvalue weighted by Crippen LogP contribution is 2.23. The molecule has 1 aromatic rings. The fraction of sp³-hybridized carbons (Fsp3) is 0.667. The van der Waals surface area contributed by atoms with Crippen molar-refractivity contribution in [3.05, 3.63) is 18.5 Å². The first kappa shape index (κ1) is 16.5. The molecule has 1 aromatic heterocycles. The zero-order valence-corrected chi connectivity index (χ0v) is 12.6. The highest BCUT2D eigenvalue weighted by molar-refractivity contribution is 7.99. The van der Waals surface area contributed by atoms with Crippen LogP contribution in [0.1, 0.15) is 18.7 Å². The van der Waals surface area contributed by atoms with Crippen LogP contribution in [0.5, 0.6) is 0 Å². The maximum Gasteiger partial charge on any atom is 0.191 e. The molecule has 1 unspecified atom stereocenters. The maximum atomic E-state index is 5.64. The quantitative estimate of drug-likeness (QED) is 0.615. The molecule has 0 radical (unpaired) electrons. The third-order valence-corrected chi connectivity index (χ3v) is 4.07. The van der Waals surface area contributed by atoms with Crippen molar-refractivity contribution in [2.75, 3.05) is 19.0 Å². The largest absolute Gasteiger partial charge is 0.381 e. The number of nitrogens with zero attached hydrogens (tertiary/aromatic N) is 3. The van der Waals surface area contributed by atoms with Gasteiger partial charge in [0.15, 0.2) is 5.16 Å². The van der Waals surface area contributed by atoms with Crippen LogP contribution in [0.25, 0.3) is 0 Å². The average molecular weight is 305 g/mol. The van der Waals surface area contributed by atoms with Gasteiger partial charge in [0.1, 0.15) is 5.82 Å². The van der Waals surface area contributed by atoms with E-state index in [1.165, 1.54) is 12.8 Å². The normalized spacial score (nSPS) is 18.3. The minimum absolute atomic E-state index is 0. The molecule has 0 saturated carbocycles. The van der Waals surface area contributed by atoms with Crippen LogP contribution < -0.4 is 5.73 Å². The molecule has 0 spiro atoms. The third-order valence-electron chi connectivity index (χ3n) is 3.07. The number of halogens is 1. The standard InChI is InChI=1S/C12H20N4OS.ClH/c1-2-5-16-11(8-13)14-15-12(16)18-7-4-10-3-6-17-9-10;/h2,10H,1,3-9,13H2;1H. The van der Waals surface area contributed by atoms with Crippen LogP contribution >= 0.6 is 24.2 Å². The summed E-state index contributed by atoms with van der Waals surface area (Å²) in [7, 11) is 0. The first-order valence-corrected chi connectivity index (χ1v) is 7.27. The van der Waals surface area contributed by atoms with Crippen LogP contribution in [0, 0.1) is 5.92 Å². The molecule has 5 nitrogen and oxygen atoms in total. The Morgan fingerprint density at radius 3 is 3.00 bits per heavy atom. The Labute approximate surface area is 124 Å². The van der Waals surface area contributed by atoms with Crippen molar-refractivity contribution in [2.24, 2.45) is 11.7 Å². The van der Waals surface area contributed by atoms with Crippen molar-refractivity contribution < 1.29 is 4.74 Å². The lowest BCUT2D eigenvalue weighted by molar-refractivity contribution is 0.185. The van der Waals surface area contributed by atoms with E-state index in [-0.39, 0.29) is 12.4 Å². The van der Waals surface area contributed by atoms with Crippen molar-refractivity contribution in [3.8, 4) is 0 Å². The summed E-state index contributed by atoms with van der Waals surface area (Å²) in [6.07, 6.45) is 4.20. The van der Waals surface area contributed by atoms with E-state index in [0.29, 0.717) is 19.0 Å². The van der Waals surface area contributed by atoms with Crippen LogP contribution in [0.15, 0.2) is 17.8 Å². The number of rotatable bonds is 7. The molecule has 7 heteroatoms. The predicted octanol–water partition coefficient (Wildman–Crippen LogP) is 1.86. The molecule has 0 aromatic carbocycles. The molecule has 2 N–H and O–H groups in total. The van der Waals surface area contributed by atoms with Crippen LogP contribution in [0.3, 0.4) is 0 Å². The van der Waals surface area contributed by atoms with E-state index in [0.717, 1.165) is 29.9 Å². The predicted molar refractivity (Wildman–Crippen MR) is 79.6 cm³/mol. The highest BCUT2D eigenvalue weighted by Gasteiger charge is 2.16. The number of hydrogen-bond acceptors (Lipinski definition) is 5. The Kier molecular flexibility index (Phi) is 7.45. The zero-order chi connectivity index (χ0) is 12.8. The molecule has 108 valence electrons. The fourth-order valence-corrected chi connectivity index (χ4v) is 3.09. The van der Waals surface area contributed by atoms with Gasteiger partial charge in [0.25, 0.3) is 0 Å². The van der Waals surface area contributed by atoms with E-state index < -0.39 is 0 Å². The number of hydrogen-bond donors (Lipinski definition) is 1. The maximum absolute atomic E-state index is 5.64. The number of allylic oxidation sites excluding steroid dienone is 1. The summed E-state index contributed by atoms with van der Waals surface area (Å²) in [5, 5.41) is 9.22. The Morgan fingerprint density at radius 2 is 2.37 bits per heavy atom. The van der Waals surface area contributed by atoms with Crippen LogP contribution in [0.4, 0.5) is 0 Å². The molecule has 1 fully saturated rings. The summed E-state index contributed by atoms with van der Waals surface area (Å²) in [5.41, 5.74) is 5.64. The molecule has 2 rings (SSSR count). The van der Waals surface area contributed by atoms with Gasteiger partial charge in [0, 0.05) is 25.5 Å². The molecule has 2 heterocycles. The summed E-state index contributed by atoms with van der Waals surface area (Å²) < 4.78 is 7.40. The molecular formula is C12H21ClN4OS. The molecule has 1 atom stereocenters. The van der Waals surface area contributed by atoms with Crippen molar-refractivity contribution in [3.63, 3.8) is 0 Å². The van der Waals surface area contributed by atoms with Crippen molar-refractivity contribution >= 4 is 24.2 Å². The second kappa shape index (κ2) is 8.58. The van der Waals surface area contributed by atoms with Gasteiger partial charge >= 0.3 is 0 Å². The molecule has 0 bridgehead atoms. The minimum atomic E-state index is 0. The monoisotopic (exact) mass is 304 g/mol. The topological polar surface area (TPSA) is 66.0 Å². The van der Waals surface area contributed by atoms with Gasteiger partial charge in [-0.3, -0.25) is 0 Å². The lowest BCUT2D eigenvalue weighted by Gasteiger charge is -2.08. The van der Waals surface area contributed by atoms with Gasteiger partial charge in [0.2, 0.25) is 0 Å². The first-order valence-electron chi connectivity index (χ1n) is 6.28. The van der Waals surface area contributed by atoms with Crippen LogP contribution in [0.2, 0.25) is 0 Å². The molecule has 1 saturated heterocycles. The number of ether oxygens (including phenoxy) is 1. The summed E-state index contributed by atoms with van der Waals surface area (Å²) in [4.78, 5) is 0. The van der Waals surface area contributed by atoms with Crippen molar-refractivity contribution in [1.82, 2.24) is 14.8 Å². The van der Waals surface area contributed by atoms with E-state index in [2.05, 4.69) is 16.8 Å². The summed E-state index contributed by atoms with van der Waals surface area (Å²) >= 11 is 1.74. The van der Waals surface area contributed by atoms with Crippen molar-refractivity contribution in [1.29, 1.82) is 0 Å². The Balaban J connectivity index is 0.00000180. The van der Waals surface area contributed by atoms with Gasteiger partial charge in [0.05, 0.1) is 6.54 Å². The lowest BCUT2D eigenvalue weighted by atomic mass is 10.1. The molecular weight excluding hydrogens is 284 g/mol. The Morgan fingerprint density at radius 1 is 1.53 bits per heavy atom. The van der Waals surface area contributed by atoms with Crippen LogP contribution in [-0.4, -0.2) is 33.7 Å². The van der Waals surface area contributed by atoms with E-state index in [1.54, 1.807) is 11.8 Å². The average Bonchev–Trinajstić information content (AvgIpc) is 3.00. The zero-order valence-electron chi connectivity index (χ0n) is 11.0. The van der Waals surface area contributed by atoms with Gasteiger partial charge in [-0.25, -0.2) is 0 Å². The van der Waals surface area contributed by atoms with Crippen molar-refractivity contribution in [2.45, 2.75) is 31.1 Å². The van der Waals surface area contributed by atoms with E-state index in [1.807, 2.05) is 10.6 Å². The Hall–Kier alpha value is -0.560. The highest BCUT2D eigenvalue weighted by atomic mass is 35.5. The van der Waals surface area contributed by atoms with Gasteiger partial charge in [-0.1, -0.05) is 17.8 Å².